The van der Waals surface area contributed by atoms with Crippen LogP contribution in [0.4, 0.5) is 24.9 Å². The van der Waals surface area contributed by atoms with Crippen LogP contribution in [0.2, 0.25) is 0 Å². The van der Waals surface area contributed by atoms with Crippen LogP contribution in [0.15, 0.2) is 62.7 Å². The quantitative estimate of drug-likeness (QED) is 0.570. The van der Waals surface area contributed by atoms with E-state index in [9.17, 15) is 21.6 Å². The van der Waals surface area contributed by atoms with Crippen LogP contribution < -0.4 is 9.62 Å². The van der Waals surface area contributed by atoms with Crippen molar-refractivity contribution in [1.29, 1.82) is 0 Å². The first-order valence-corrected chi connectivity index (χ1v) is 10.3. The van der Waals surface area contributed by atoms with Crippen LogP contribution in [0.1, 0.15) is 0 Å². The molecular weight excluding hydrogens is 429 g/mol. The summed E-state index contributed by atoms with van der Waals surface area (Å²) in [5.74, 6) is 0.279. The second-order valence-corrected chi connectivity index (χ2v) is 8.81. The summed E-state index contributed by atoms with van der Waals surface area (Å²) in [4.78, 5) is 1.40. The van der Waals surface area contributed by atoms with Crippen molar-refractivity contribution in [3.63, 3.8) is 0 Å². The molecule has 0 radical (unpaired) electrons. The van der Waals surface area contributed by atoms with Crippen molar-refractivity contribution in [2.45, 2.75) is 15.3 Å². The number of alkyl halides is 3. The topological polar surface area (TPSA) is 88.3 Å². The summed E-state index contributed by atoms with van der Waals surface area (Å²) >= 11 is -0.311. The molecule has 154 valence electrons. The summed E-state index contributed by atoms with van der Waals surface area (Å²) in [7, 11) is -0.450. The molecule has 0 aliphatic rings. The van der Waals surface area contributed by atoms with E-state index in [1.54, 1.807) is 31.1 Å². The maximum atomic E-state index is 12.4. The van der Waals surface area contributed by atoms with Gasteiger partial charge in [-0.1, -0.05) is 5.10 Å². The highest BCUT2D eigenvalue weighted by Gasteiger charge is 2.29. The minimum atomic E-state index is -4.44. The van der Waals surface area contributed by atoms with Crippen LogP contribution in [0.25, 0.3) is 11.5 Å². The van der Waals surface area contributed by atoms with Crippen LogP contribution in [0.3, 0.4) is 0 Å². The zero-order valence-corrected chi connectivity index (χ0v) is 16.8. The van der Waals surface area contributed by atoms with Gasteiger partial charge >= 0.3 is 11.5 Å². The van der Waals surface area contributed by atoms with E-state index in [0.29, 0.717) is 11.6 Å². The molecule has 0 bridgehead atoms. The van der Waals surface area contributed by atoms with Crippen LogP contribution in [0.5, 0.6) is 0 Å². The average Bonchev–Trinajstić information content (AvgIpc) is 3.11. The van der Waals surface area contributed by atoms with E-state index in [-0.39, 0.29) is 33.1 Å². The Bertz CT molecular complexity index is 1080. The van der Waals surface area contributed by atoms with Gasteiger partial charge in [-0.2, -0.15) is 13.2 Å². The van der Waals surface area contributed by atoms with Crippen LogP contribution in [-0.2, 0) is 10.0 Å². The molecule has 0 saturated heterocycles. The highest BCUT2D eigenvalue weighted by molar-refractivity contribution is 8.00. The van der Waals surface area contributed by atoms with Crippen LogP contribution >= 0.6 is 11.8 Å². The van der Waals surface area contributed by atoms with E-state index in [1.165, 1.54) is 12.1 Å². The molecule has 7 nitrogen and oxygen atoms in total. The summed E-state index contributed by atoms with van der Waals surface area (Å²) in [6.45, 7) is 0. The number of hydrogen-bond acceptors (Lipinski definition) is 7. The van der Waals surface area contributed by atoms with Crippen LogP contribution in [-0.4, -0.2) is 38.2 Å². The minimum absolute atomic E-state index is 0.0996. The summed E-state index contributed by atoms with van der Waals surface area (Å²) < 4.78 is 69.9. The third-order valence-corrected chi connectivity index (χ3v) is 5.69. The zero-order valence-electron chi connectivity index (χ0n) is 15.1. The number of hydrogen-bond donors (Lipinski definition) is 1. The molecule has 0 saturated carbocycles. The molecular formula is C17H15F3N4O3S2. The fraction of sp³-hybridized carbons (Fsp3) is 0.176. The third kappa shape index (κ3) is 5.41. The summed E-state index contributed by atoms with van der Waals surface area (Å²) in [6, 6.07) is 11.0. The molecule has 0 unspecified atom stereocenters. The zero-order chi connectivity index (χ0) is 21.2. The van der Waals surface area contributed by atoms with Crippen molar-refractivity contribution in [2.75, 3.05) is 23.7 Å². The predicted octanol–water partition coefficient (Wildman–Crippen LogP) is 4.22. The number of anilines is 2. The lowest BCUT2D eigenvalue weighted by Crippen LogP contribution is -2.12. The molecule has 1 aromatic heterocycles. The molecule has 0 aliphatic heterocycles. The van der Waals surface area contributed by atoms with Gasteiger partial charge in [0.15, 0.2) is 0 Å². The first kappa shape index (κ1) is 21.0. The van der Waals surface area contributed by atoms with Gasteiger partial charge in [-0.25, -0.2) is 8.42 Å². The van der Waals surface area contributed by atoms with Crippen molar-refractivity contribution >= 4 is 33.5 Å². The molecule has 29 heavy (non-hydrogen) atoms. The minimum Gasteiger partial charge on any atom is -0.403 e. The van der Waals surface area contributed by atoms with Gasteiger partial charge in [0, 0.05) is 30.2 Å². The van der Waals surface area contributed by atoms with E-state index in [4.69, 9.17) is 4.42 Å². The van der Waals surface area contributed by atoms with Crippen molar-refractivity contribution in [1.82, 2.24) is 10.2 Å². The Kier molecular flexibility index (Phi) is 5.75. The number of aromatic nitrogens is 2. The Balaban J connectivity index is 1.73. The number of benzene rings is 2. The van der Waals surface area contributed by atoms with Gasteiger partial charge in [0.25, 0.3) is 10.0 Å². The molecule has 3 rings (SSSR count). The Morgan fingerprint density at radius 3 is 2.14 bits per heavy atom. The first-order chi connectivity index (χ1) is 13.5. The monoisotopic (exact) mass is 444 g/mol. The molecule has 0 spiro atoms. The van der Waals surface area contributed by atoms with Gasteiger partial charge in [0.1, 0.15) is 0 Å². The smallest absolute Gasteiger partial charge is 0.403 e. The van der Waals surface area contributed by atoms with Crippen molar-refractivity contribution in [3.8, 4) is 11.5 Å². The highest BCUT2D eigenvalue weighted by Crippen LogP contribution is 2.37. The fourth-order valence-electron chi connectivity index (χ4n) is 2.23. The molecule has 0 amide bonds. The lowest BCUT2D eigenvalue weighted by atomic mass is 10.2. The fourth-order valence-corrected chi connectivity index (χ4v) is 3.83. The lowest BCUT2D eigenvalue weighted by Gasteiger charge is -2.10. The number of halogens is 3. The SMILES string of the molecule is CN(C)c1nnc(-c2ccc(NS(=O)(=O)c3ccc(SC(F)(F)F)cc3)cc2)o1. The Morgan fingerprint density at radius 2 is 1.62 bits per heavy atom. The van der Waals surface area contributed by atoms with Crippen molar-refractivity contribution in [3.05, 3.63) is 48.5 Å². The van der Waals surface area contributed by atoms with Crippen LogP contribution in [0, 0.1) is 0 Å². The van der Waals surface area contributed by atoms with Gasteiger partial charge in [-0.3, -0.25) is 4.72 Å². The predicted molar refractivity (Wildman–Crippen MR) is 103 cm³/mol. The number of nitrogens with zero attached hydrogens (tertiary/aromatic N) is 3. The van der Waals surface area contributed by atoms with Gasteiger partial charge in [-0.15, -0.1) is 5.10 Å². The Hall–Kier alpha value is -2.73. The number of nitrogens with one attached hydrogen (secondary N) is 1. The molecule has 3 aromatic rings. The maximum absolute atomic E-state index is 12.4. The van der Waals surface area contributed by atoms with Gasteiger partial charge < -0.3 is 9.32 Å². The average molecular weight is 444 g/mol. The second-order valence-electron chi connectivity index (χ2n) is 5.99. The van der Waals surface area contributed by atoms with Gasteiger partial charge in [-0.05, 0) is 60.3 Å². The first-order valence-electron chi connectivity index (χ1n) is 8.03. The molecule has 12 heteroatoms. The Labute approximate surface area is 169 Å². The van der Waals surface area contributed by atoms with E-state index in [1.807, 2.05) is 0 Å². The summed E-state index contributed by atoms with van der Waals surface area (Å²) in [6.07, 6.45) is 0. The maximum Gasteiger partial charge on any atom is 0.446 e. The molecule has 2 aromatic carbocycles. The second kappa shape index (κ2) is 7.95. The Morgan fingerprint density at radius 1 is 1.00 bits per heavy atom. The van der Waals surface area contributed by atoms with Gasteiger partial charge in [0.05, 0.1) is 4.90 Å². The molecule has 0 atom stereocenters. The summed E-state index contributed by atoms with van der Waals surface area (Å²) in [5.41, 5.74) is -3.57. The van der Waals surface area contributed by atoms with Gasteiger partial charge in [0.2, 0.25) is 5.89 Å². The molecule has 0 fully saturated rings. The molecule has 0 aliphatic carbocycles. The van der Waals surface area contributed by atoms with E-state index < -0.39 is 15.5 Å². The number of thioether (sulfide) groups is 1. The van der Waals surface area contributed by atoms with Crippen molar-refractivity contribution in [2.24, 2.45) is 0 Å². The molecule has 1 heterocycles. The number of sulfonamides is 1. The van der Waals surface area contributed by atoms with E-state index >= 15 is 0 Å². The summed E-state index contributed by atoms with van der Waals surface area (Å²) in [5, 5.41) is 7.78. The third-order valence-electron chi connectivity index (χ3n) is 3.55. The lowest BCUT2D eigenvalue weighted by molar-refractivity contribution is -0.0328. The van der Waals surface area contributed by atoms with Crippen molar-refractivity contribution < 1.29 is 26.0 Å². The molecule has 1 N–H and O–H groups in total. The standard InChI is InChI=1S/C17H15F3N4O3S2/c1-24(2)16-22-21-15(27-16)11-3-5-12(6-4-11)23-29(25,26)14-9-7-13(8-10-14)28-17(18,19)20/h3-10,23H,1-2H3. The van der Waals surface area contributed by atoms with E-state index in [0.717, 1.165) is 24.3 Å². The highest BCUT2D eigenvalue weighted by atomic mass is 32.2. The number of rotatable bonds is 6. The normalized spacial score (nSPS) is 12.0. The largest absolute Gasteiger partial charge is 0.446 e. The van der Waals surface area contributed by atoms with E-state index in [2.05, 4.69) is 14.9 Å².